The van der Waals surface area contributed by atoms with Crippen LogP contribution in [0.25, 0.3) is 0 Å². The lowest BCUT2D eigenvalue weighted by Gasteiger charge is -2.26. The van der Waals surface area contributed by atoms with E-state index in [1.165, 1.54) is 0 Å². The summed E-state index contributed by atoms with van der Waals surface area (Å²) in [6, 6.07) is 17.9. The first-order valence-electron chi connectivity index (χ1n) is 11.6. The van der Waals surface area contributed by atoms with Crippen LogP contribution in [-0.2, 0) is 9.53 Å². The van der Waals surface area contributed by atoms with Gasteiger partial charge in [0.05, 0.1) is 18.7 Å². The predicted octanol–water partition coefficient (Wildman–Crippen LogP) is 4.21. The Balaban J connectivity index is 1.61. The molecule has 1 aliphatic rings. The Bertz CT molecular complexity index is 907. The standard InChI is InChI=1S/C26H32N2O4S/c1-2-17-32-23(29)16-10-9-15-22-24(28-26(31)20-13-7-4-8-14-20)21(18-33-22)27-25(30)19-11-5-3-6-12-19/h3-8,11-14,21-22,24H,2,9-10,15-18H2,1H3,(H,27,30)(H,28,31). The first-order chi connectivity index (χ1) is 16.1. The van der Waals surface area contributed by atoms with Crippen molar-refractivity contribution in [3.8, 4) is 0 Å². The van der Waals surface area contributed by atoms with Gasteiger partial charge < -0.3 is 15.4 Å². The van der Waals surface area contributed by atoms with E-state index in [1.54, 1.807) is 36.0 Å². The lowest BCUT2D eigenvalue weighted by atomic mass is 10.00. The number of amides is 2. The molecule has 2 amide bonds. The molecule has 1 heterocycles. The van der Waals surface area contributed by atoms with Crippen molar-refractivity contribution < 1.29 is 19.1 Å². The van der Waals surface area contributed by atoms with Crippen LogP contribution in [0.3, 0.4) is 0 Å². The van der Waals surface area contributed by atoms with Crippen LogP contribution in [-0.4, -0.2) is 47.5 Å². The third-order valence-electron chi connectivity index (χ3n) is 5.60. The topological polar surface area (TPSA) is 84.5 Å². The maximum absolute atomic E-state index is 12.9. The van der Waals surface area contributed by atoms with Crippen molar-refractivity contribution in [2.24, 2.45) is 0 Å². The predicted molar refractivity (Wildman–Crippen MR) is 131 cm³/mol. The molecule has 33 heavy (non-hydrogen) atoms. The second-order valence-electron chi connectivity index (χ2n) is 8.15. The average molecular weight is 469 g/mol. The van der Waals surface area contributed by atoms with Crippen LogP contribution in [0.1, 0.15) is 59.7 Å². The van der Waals surface area contributed by atoms with Gasteiger partial charge in [0.15, 0.2) is 0 Å². The minimum atomic E-state index is -0.192. The summed E-state index contributed by atoms with van der Waals surface area (Å²) in [5.74, 6) is 0.286. The zero-order valence-corrected chi connectivity index (χ0v) is 19.8. The molecule has 3 atom stereocenters. The smallest absolute Gasteiger partial charge is 0.305 e. The van der Waals surface area contributed by atoms with Crippen molar-refractivity contribution in [2.45, 2.75) is 56.4 Å². The summed E-state index contributed by atoms with van der Waals surface area (Å²) in [4.78, 5) is 37.4. The van der Waals surface area contributed by atoms with Gasteiger partial charge in [-0.2, -0.15) is 11.8 Å². The number of hydrogen-bond acceptors (Lipinski definition) is 5. The van der Waals surface area contributed by atoms with Crippen molar-refractivity contribution in [2.75, 3.05) is 12.4 Å². The molecule has 3 rings (SSSR count). The number of nitrogens with one attached hydrogen (secondary N) is 2. The molecule has 2 aromatic rings. The molecule has 2 aromatic carbocycles. The highest BCUT2D eigenvalue weighted by Crippen LogP contribution is 2.32. The Hall–Kier alpha value is -2.80. The summed E-state index contributed by atoms with van der Waals surface area (Å²) in [5, 5.41) is 6.44. The van der Waals surface area contributed by atoms with Gasteiger partial charge in [-0.3, -0.25) is 14.4 Å². The van der Waals surface area contributed by atoms with Crippen LogP contribution < -0.4 is 10.6 Å². The van der Waals surface area contributed by atoms with E-state index in [1.807, 2.05) is 43.3 Å². The fourth-order valence-electron chi connectivity index (χ4n) is 3.85. The van der Waals surface area contributed by atoms with E-state index in [2.05, 4.69) is 10.6 Å². The second kappa shape index (κ2) is 13.0. The monoisotopic (exact) mass is 468 g/mol. The molecule has 0 aromatic heterocycles. The van der Waals surface area contributed by atoms with E-state index in [9.17, 15) is 14.4 Å². The van der Waals surface area contributed by atoms with Crippen LogP contribution in [0.15, 0.2) is 60.7 Å². The van der Waals surface area contributed by atoms with Gasteiger partial charge in [0.25, 0.3) is 11.8 Å². The normalized spacial score (nSPS) is 19.6. The van der Waals surface area contributed by atoms with E-state index in [4.69, 9.17) is 4.74 Å². The zero-order valence-electron chi connectivity index (χ0n) is 19.0. The van der Waals surface area contributed by atoms with Crippen LogP contribution in [0.4, 0.5) is 0 Å². The molecule has 176 valence electrons. The van der Waals surface area contributed by atoms with Crippen molar-refractivity contribution >= 4 is 29.5 Å². The highest BCUT2D eigenvalue weighted by molar-refractivity contribution is 8.00. The van der Waals surface area contributed by atoms with E-state index < -0.39 is 0 Å². The molecular weight excluding hydrogens is 436 g/mol. The van der Waals surface area contributed by atoms with Gasteiger partial charge in [0.2, 0.25) is 0 Å². The van der Waals surface area contributed by atoms with Crippen LogP contribution in [0.2, 0.25) is 0 Å². The molecule has 0 saturated carbocycles. The number of carbonyl (C=O) groups excluding carboxylic acids is 3. The first kappa shape index (κ1) is 24.8. The maximum atomic E-state index is 12.9. The number of ether oxygens (including phenoxy) is 1. The van der Waals surface area contributed by atoms with Crippen molar-refractivity contribution in [3.05, 3.63) is 71.8 Å². The molecule has 6 nitrogen and oxygen atoms in total. The molecule has 1 saturated heterocycles. The Kier molecular flexibility index (Phi) is 9.81. The Labute approximate surface area is 199 Å². The lowest BCUT2D eigenvalue weighted by Crippen LogP contribution is -2.53. The molecule has 0 aliphatic carbocycles. The SMILES string of the molecule is CCCOC(=O)CCCCC1SCC(NC(=O)c2ccccc2)C1NC(=O)c1ccccc1. The van der Waals surface area contributed by atoms with E-state index in [-0.39, 0.29) is 35.1 Å². The number of benzene rings is 2. The molecule has 7 heteroatoms. The summed E-state index contributed by atoms with van der Waals surface area (Å²) < 4.78 is 5.14. The summed E-state index contributed by atoms with van der Waals surface area (Å²) >= 11 is 1.76. The Morgan fingerprint density at radius 3 is 2.12 bits per heavy atom. The number of hydrogen-bond donors (Lipinski definition) is 2. The number of esters is 1. The highest BCUT2D eigenvalue weighted by atomic mass is 32.2. The molecule has 1 aliphatic heterocycles. The fourth-order valence-corrected chi connectivity index (χ4v) is 5.39. The molecule has 2 N–H and O–H groups in total. The first-order valence-corrected chi connectivity index (χ1v) is 12.6. The Morgan fingerprint density at radius 2 is 1.52 bits per heavy atom. The molecule has 1 fully saturated rings. The fraction of sp³-hybridized carbons (Fsp3) is 0.423. The summed E-state index contributed by atoms with van der Waals surface area (Å²) in [6.07, 6.45) is 3.69. The quantitative estimate of drug-likeness (QED) is 0.381. The van der Waals surface area contributed by atoms with E-state index in [0.29, 0.717) is 24.2 Å². The molecular formula is C26H32N2O4S. The second-order valence-corrected chi connectivity index (χ2v) is 9.42. The van der Waals surface area contributed by atoms with Gasteiger partial charge in [-0.1, -0.05) is 49.7 Å². The number of thioether (sulfide) groups is 1. The van der Waals surface area contributed by atoms with Gasteiger partial charge in [0, 0.05) is 28.6 Å². The summed E-state index contributed by atoms with van der Waals surface area (Å²) in [5.41, 5.74) is 1.20. The minimum Gasteiger partial charge on any atom is -0.466 e. The average Bonchev–Trinajstić information content (AvgIpc) is 3.22. The third-order valence-corrected chi connectivity index (χ3v) is 7.11. The van der Waals surface area contributed by atoms with E-state index >= 15 is 0 Å². The maximum Gasteiger partial charge on any atom is 0.305 e. The molecule has 0 radical (unpaired) electrons. The Morgan fingerprint density at radius 1 is 0.909 bits per heavy atom. The highest BCUT2D eigenvalue weighted by Gasteiger charge is 2.38. The van der Waals surface area contributed by atoms with Gasteiger partial charge in [-0.25, -0.2) is 0 Å². The third kappa shape index (κ3) is 7.63. The zero-order chi connectivity index (χ0) is 23.5. The van der Waals surface area contributed by atoms with Gasteiger partial charge in [-0.15, -0.1) is 0 Å². The van der Waals surface area contributed by atoms with Crippen LogP contribution in [0.5, 0.6) is 0 Å². The van der Waals surface area contributed by atoms with Crippen LogP contribution in [0, 0.1) is 0 Å². The van der Waals surface area contributed by atoms with Crippen molar-refractivity contribution in [1.82, 2.24) is 10.6 Å². The van der Waals surface area contributed by atoms with E-state index in [0.717, 1.165) is 31.4 Å². The number of rotatable bonds is 11. The van der Waals surface area contributed by atoms with Crippen molar-refractivity contribution in [1.29, 1.82) is 0 Å². The molecule has 0 bridgehead atoms. The van der Waals surface area contributed by atoms with Gasteiger partial charge >= 0.3 is 5.97 Å². The summed E-state index contributed by atoms with van der Waals surface area (Å²) in [6.45, 7) is 2.44. The number of carbonyl (C=O) groups is 3. The van der Waals surface area contributed by atoms with Crippen LogP contribution >= 0.6 is 11.8 Å². The largest absolute Gasteiger partial charge is 0.466 e. The van der Waals surface area contributed by atoms with Crippen molar-refractivity contribution in [3.63, 3.8) is 0 Å². The molecule has 3 unspecified atom stereocenters. The minimum absolute atomic E-state index is 0.139. The molecule has 0 spiro atoms. The van der Waals surface area contributed by atoms with Gasteiger partial charge in [0.1, 0.15) is 0 Å². The summed E-state index contributed by atoms with van der Waals surface area (Å²) in [7, 11) is 0. The number of unbranched alkanes of at least 4 members (excludes halogenated alkanes) is 1. The lowest BCUT2D eigenvalue weighted by molar-refractivity contribution is -0.143. The van der Waals surface area contributed by atoms with Gasteiger partial charge in [-0.05, 0) is 43.5 Å².